The number of hydrogen-bond donors (Lipinski definition) is 1. The van der Waals surface area contributed by atoms with Gasteiger partial charge in [-0.15, -0.1) is 0 Å². The maximum atomic E-state index is 14.9. The first-order valence-corrected chi connectivity index (χ1v) is 16.1. The highest BCUT2D eigenvalue weighted by Gasteiger charge is 2.61. The van der Waals surface area contributed by atoms with E-state index in [9.17, 15) is 45.1 Å². The van der Waals surface area contributed by atoms with Crippen molar-refractivity contribution < 1.29 is 45.1 Å². The second kappa shape index (κ2) is 11.0. The van der Waals surface area contributed by atoms with Crippen molar-refractivity contribution in [2.75, 3.05) is 0 Å². The van der Waals surface area contributed by atoms with Crippen molar-refractivity contribution in [3.8, 4) is 0 Å². The van der Waals surface area contributed by atoms with Gasteiger partial charge in [-0.2, -0.15) is 13.2 Å². The minimum Gasteiger partial charge on any atom is -0.481 e. The van der Waals surface area contributed by atoms with Crippen LogP contribution in [0.25, 0.3) is 0 Å². The van der Waals surface area contributed by atoms with Crippen LogP contribution in [0.15, 0.2) is 47.4 Å². The molecule has 7 atom stereocenters. The molecule has 43 heavy (non-hydrogen) atoms. The Bertz CT molecular complexity index is 1520. The first kappa shape index (κ1) is 31.6. The van der Waals surface area contributed by atoms with Gasteiger partial charge in [0, 0.05) is 12.3 Å². The molecule has 0 spiro atoms. The van der Waals surface area contributed by atoms with E-state index in [0.29, 0.717) is 43.7 Å². The van der Waals surface area contributed by atoms with E-state index in [1.807, 2.05) is 6.92 Å². The minimum absolute atomic E-state index is 0.0316. The van der Waals surface area contributed by atoms with Crippen molar-refractivity contribution in [1.29, 1.82) is 0 Å². The average Bonchev–Trinajstić information content (AvgIpc) is 3.32. The maximum Gasteiger partial charge on any atom is 0.426 e. The Hall–Kier alpha value is -2.82. The predicted molar refractivity (Wildman–Crippen MR) is 148 cm³/mol. The number of sulfone groups is 1. The van der Waals surface area contributed by atoms with E-state index in [2.05, 4.69) is 0 Å². The van der Waals surface area contributed by atoms with Crippen molar-refractivity contribution >= 4 is 21.6 Å². The monoisotopic (exact) mass is 626 g/mol. The normalized spacial score (nSPS) is 30.6. The molecule has 5 nitrogen and oxygen atoms in total. The third kappa shape index (κ3) is 5.19. The minimum atomic E-state index is -5.17. The fourth-order valence-corrected chi connectivity index (χ4v) is 10.5. The highest BCUT2D eigenvalue weighted by molar-refractivity contribution is 7.92. The Kier molecular flexibility index (Phi) is 8.06. The number of benzene rings is 2. The lowest BCUT2D eigenvalue weighted by Crippen LogP contribution is -2.45. The van der Waals surface area contributed by atoms with Gasteiger partial charge < -0.3 is 5.11 Å². The maximum absolute atomic E-state index is 14.9. The Morgan fingerprint density at radius 3 is 2.28 bits per heavy atom. The summed E-state index contributed by atoms with van der Waals surface area (Å²) in [5.41, 5.74) is -3.62. The smallest absolute Gasteiger partial charge is 0.426 e. The molecule has 0 aromatic heterocycles. The van der Waals surface area contributed by atoms with E-state index in [1.165, 1.54) is 18.2 Å². The number of aryl methyl sites for hydroxylation is 1. The number of carbonyl (C=O) groups excluding carboxylic acids is 1. The molecule has 234 valence electrons. The van der Waals surface area contributed by atoms with E-state index >= 15 is 0 Å². The summed E-state index contributed by atoms with van der Waals surface area (Å²) < 4.78 is 96.7. The van der Waals surface area contributed by atoms with Crippen molar-refractivity contribution in [3.05, 3.63) is 65.0 Å². The van der Waals surface area contributed by atoms with Crippen LogP contribution >= 0.6 is 0 Å². The first-order valence-electron chi connectivity index (χ1n) is 14.7. The van der Waals surface area contributed by atoms with Gasteiger partial charge in [-0.3, -0.25) is 9.59 Å². The summed E-state index contributed by atoms with van der Waals surface area (Å²) in [7, 11) is -4.25. The van der Waals surface area contributed by atoms with Crippen LogP contribution in [0.1, 0.15) is 75.5 Å². The van der Waals surface area contributed by atoms with Gasteiger partial charge in [0.1, 0.15) is 16.3 Å². The van der Waals surface area contributed by atoms with Crippen LogP contribution in [0.2, 0.25) is 0 Å². The van der Waals surface area contributed by atoms with E-state index < -0.39 is 55.6 Å². The molecule has 2 saturated carbocycles. The number of rotatable bonds is 7. The molecule has 2 aromatic rings. The van der Waals surface area contributed by atoms with Crippen molar-refractivity contribution in [1.82, 2.24) is 0 Å². The molecule has 0 radical (unpaired) electrons. The Labute approximate surface area is 247 Å². The van der Waals surface area contributed by atoms with E-state index in [0.717, 1.165) is 24.3 Å². The molecule has 3 aliphatic rings. The van der Waals surface area contributed by atoms with Gasteiger partial charge in [0.25, 0.3) is 0 Å². The second-order valence-electron chi connectivity index (χ2n) is 12.8. The molecule has 3 aliphatic carbocycles. The zero-order valence-corrected chi connectivity index (χ0v) is 24.8. The van der Waals surface area contributed by atoms with E-state index in [1.54, 1.807) is 0 Å². The molecule has 0 bridgehead atoms. The number of halogens is 5. The first-order chi connectivity index (χ1) is 20.0. The van der Waals surface area contributed by atoms with Crippen LogP contribution in [0.4, 0.5) is 22.0 Å². The summed E-state index contributed by atoms with van der Waals surface area (Å²) in [5, 5.41) is 9.40. The summed E-state index contributed by atoms with van der Waals surface area (Å²) >= 11 is 0. The molecule has 11 heteroatoms. The lowest BCUT2D eigenvalue weighted by atomic mass is 9.69. The number of ketones is 1. The summed E-state index contributed by atoms with van der Waals surface area (Å²) in [4.78, 5) is 24.9. The van der Waals surface area contributed by atoms with Crippen molar-refractivity contribution in [3.63, 3.8) is 0 Å². The molecule has 2 fully saturated rings. The zero-order chi connectivity index (χ0) is 31.5. The standard InChI is InChI=1S/C32H35F5O5S/c1-18-15-21(29(39)40)3-10-25(18)28(38)17-20-13-14-31(43(41,42)24-8-6-23(33)7-9-24)26(20)11-4-19-16-22(5-12-27(19)31)30(2,34)32(35,36)37/h5-9,12,16,18,20-21,25-26H,3-4,10-11,13-15,17H2,1-2H3,(H,39,40)/t18-,20-,21+,25+,26-,30?,31-/m0/s1. The van der Waals surface area contributed by atoms with Gasteiger partial charge in [-0.05, 0) is 111 Å². The fraction of sp³-hybridized carbons (Fsp3) is 0.562. The Morgan fingerprint density at radius 1 is 1.00 bits per heavy atom. The largest absolute Gasteiger partial charge is 0.481 e. The van der Waals surface area contributed by atoms with Crippen LogP contribution in [-0.4, -0.2) is 31.5 Å². The van der Waals surface area contributed by atoms with E-state index in [4.69, 9.17) is 0 Å². The Morgan fingerprint density at radius 2 is 1.67 bits per heavy atom. The van der Waals surface area contributed by atoms with Gasteiger partial charge in [0.2, 0.25) is 5.67 Å². The number of Topliss-reactive ketones (excluding diaryl/α,β-unsaturated/α-hetero) is 1. The van der Waals surface area contributed by atoms with Crippen LogP contribution in [-0.2, 0) is 36.3 Å². The average molecular weight is 627 g/mol. The van der Waals surface area contributed by atoms with Gasteiger partial charge in [-0.1, -0.05) is 25.1 Å². The van der Waals surface area contributed by atoms with Crippen LogP contribution < -0.4 is 0 Å². The topological polar surface area (TPSA) is 88.5 Å². The van der Waals surface area contributed by atoms with Gasteiger partial charge in [-0.25, -0.2) is 17.2 Å². The fourth-order valence-electron chi connectivity index (χ4n) is 8.01. The summed E-state index contributed by atoms with van der Waals surface area (Å²) in [6, 6.07) is 7.81. The number of carboxylic acids is 1. The van der Waals surface area contributed by atoms with Crippen molar-refractivity contribution in [2.45, 2.75) is 86.7 Å². The summed E-state index contributed by atoms with van der Waals surface area (Å²) in [6.45, 7) is 2.30. The van der Waals surface area contributed by atoms with Gasteiger partial charge in [0.05, 0.1) is 10.8 Å². The predicted octanol–water partition coefficient (Wildman–Crippen LogP) is 7.31. The van der Waals surface area contributed by atoms with E-state index in [-0.39, 0.29) is 54.1 Å². The Balaban J connectivity index is 1.53. The molecular formula is C32H35F5O5S. The molecule has 2 aromatic carbocycles. The lowest BCUT2D eigenvalue weighted by Gasteiger charge is -2.43. The van der Waals surface area contributed by atoms with Crippen LogP contribution in [0.3, 0.4) is 0 Å². The third-order valence-corrected chi connectivity index (χ3v) is 13.0. The third-order valence-electron chi connectivity index (χ3n) is 10.4. The number of hydrogen-bond acceptors (Lipinski definition) is 4. The molecule has 0 aliphatic heterocycles. The molecular weight excluding hydrogens is 591 g/mol. The quantitative estimate of drug-likeness (QED) is 0.257. The number of carbonyl (C=O) groups is 2. The lowest BCUT2D eigenvalue weighted by molar-refractivity contribution is -0.228. The molecule has 0 heterocycles. The van der Waals surface area contributed by atoms with Gasteiger partial charge >= 0.3 is 12.1 Å². The highest BCUT2D eigenvalue weighted by atomic mass is 32.2. The van der Waals surface area contributed by atoms with Gasteiger partial charge in [0.15, 0.2) is 9.84 Å². The number of aliphatic carboxylic acids is 1. The number of alkyl halides is 4. The molecule has 0 saturated heterocycles. The van der Waals surface area contributed by atoms with Crippen LogP contribution in [0, 0.1) is 35.4 Å². The molecule has 1 N–H and O–H groups in total. The molecule has 0 amide bonds. The molecule has 1 unspecified atom stereocenters. The summed E-state index contributed by atoms with van der Waals surface area (Å²) in [6.07, 6.45) is -2.86. The molecule has 5 rings (SSSR count). The van der Waals surface area contributed by atoms with Crippen LogP contribution in [0.5, 0.6) is 0 Å². The van der Waals surface area contributed by atoms with Crippen molar-refractivity contribution in [2.24, 2.45) is 29.6 Å². The number of carboxylic acid groups (broad SMARTS) is 1. The second-order valence-corrected chi connectivity index (χ2v) is 15.0. The highest BCUT2D eigenvalue weighted by Crippen LogP contribution is 2.60. The zero-order valence-electron chi connectivity index (χ0n) is 24.0. The SMILES string of the molecule is C[C@H]1C[C@H](C(=O)O)CC[C@H]1C(=O)C[C@@H]1CC[C@@]2(S(=O)(=O)c3ccc(F)cc3)c3ccc(C(C)(F)C(F)(F)F)cc3CC[C@@H]12. The summed E-state index contributed by atoms with van der Waals surface area (Å²) in [5.74, 6) is -3.38. The number of fused-ring (bicyclic) bond motifs is 3.